The van der Waals surface area contributed by atoms with Gasteiger partial charge < -0.3 is 19.0 Å². The van der Waals surface area contributed by atoms with E-state index in [-0.39, 0.29) is 24.9 Å². The van der Waals surface area contributed by atoms with Crippen LogP contribution < -0.4 is 15.1 Å². The molecule has 0 aliphatic carbocycles. The standard InChI is InChI=1S/C20H14O5/c21-18-11-5-1-3-7-15(11)23-10-14(18)13-9-24-19-12-6-2-4-8-16(12)25-20(22)17(13)19/h1-8,13,21H,9-10H2. The van der Waals surface area contributed by atoms with Crippen LogP contribution in [0.2, 0.25) is 0 Å². The molecule has 0 amide bonds. The molecule has 0 radical (unpaired) electrons. The average Bonchev–Trinajstić information content (AvgIpc) is 3.08. The fourth-order valence-electron chi connectivity index (χ4n) is 3.57. The topological polar surface area (TPSA) is 68.9 Å². The van der Waals surface area contributed by atoms with E-state index in [2.05, 4.69) is 0 Å². The highest BCUT2D eigenvalue weighted by molar-refractivity contribution is 5.85. The van der Waals surface area contributed by atoms with E-state index in [1.165, 1.54) is 0 Å². The fourth-order valence-corrected chi connectivity index (χ4v) is 3.57. The number of hydrogen-bond donors (Lipinski definition) is 1. The maximum Gasteiger partial charge on any atom is 0.343 e. The highest BCUT2D eigenvalue weighted by Crippen LogP contribution is 2.44. The molecule has 5 nitrogen and oxygen atoms in total. The third-order valence-electron chi connectivity index (χ3n) is 4.79. The average molecular weight is 334 g/mol. The molecular formula is C20H14O5. The van der Waals surface area contributed by atoms with Gasteiger partial charge in [-0.1, -0.05) is 24.3 Å². The van der Waals surface area contributed by atoms with Gasteiger partial charge in [-0.25, -0.2) is 4.79 Å². The zero-order valence-corrected chi connectivity index (χ0v) is 13.2. The molecule has 1 atom stereocenters. The smallest absolute Gasteiger partial charge is 0.343 e. The van der Waals surface area contributed by atoms with Crippen molar-refractivity contribution in [3.05, 3.63) is 75.7 Å². The van der Waals surface area contributed by atoms with E-state index < -0.39 is 5.63 Å². The molecule has 0 saturated carbocycles. The summed E-state index contributed by atoms with van der Waals surface area (Å²) in [5.41, 5.74) is 1.77. The van der Waals surface area contributed by atoms with Crippen molar-refractivity contribution in [1.82, 2.24) is 0 Å². The molecule has 0 bridgehead atoms. The van der Waals surface area contributed by atoms with Crippen LogP contribution >= 0.6 is 0 Å². The highest BCUT2D eigenvalue weighted by Gasteiger charge is 2.37. The van der Waals surface area contributed by atoms with E-state index in [4.69, 9.17) is 13.9 Å². The number of aliphatic hydroxyl groups excluding tert-OH is 1. The van der Waals surface area contributed by atoms with Gasteiger partial charge in [0.05, 0.1) is 29.0 Å². The normalized spacial score (nSPS) is 18.5. The first kappa shape index (κ1) is 14.2. The quantitative estimate of drug-likeness (QED) is 0.688. The second-order valence-electron chi connectivity index (χ2n) is 6.15. The predicted molar refractivity (Wildman–Crippen MR) is 92.2 cm³/mol. The zero-order chi connectivity index (χ0) is 17.0. The van der Waals surface area contributed by atoms with Gasteiger partial charge in [0, 0.05) is 5.57 Å². The Bertz CT molecular complexity index is 1090. The Balaban J connectivity index is 1.71. The largest absolute Gasteiger partial charge is 0.507 e. The van der Waals surface area contributed by atoms with Crippen molar-refractivity contribution >= 4 is 16.7 Å². The van der Waals surface area contributed by atoms with Crippen LogP contribution in [0.1, 0.15) is 17.0 Å². The van der Waals surface area contributed by atoms with Gasteiger partial charge >= 0.3 is 5.63 Å². The summed E-state index contributed by atoms with van der Waals surface area (Å²) in [4.78, 5) is 12.5. The molecule has 2 aromatic carbocycles. The molecule has 3 heterocycles. The van der Waals surface area contributed by atoms with Crippen LogP contribution in [0.5, 0.6) is 11.5 Å². The fraction of sp³-hybridized carbons (Fsp3) is 0.150. The monoisotopic (exact) mass is 334 g/mol. The van der Waals surface area contributed by atoms with E-state index in [1.807, 2.05) is 36.4 Å². The van der Waals surface area contributed by atoms with Crippen LogP contribution in [0.4, 0.5) is 0 Å². The van der Waals surface area contributed by atoms with E-state index in [1.54, 1.807) is 12.1 Å². The number of hydrogen-bond acceptors (Lipinski definition) is 5. The summed E-state index contributed by atoms with van der Waals surface area (Å²) < 4.78 is 17.0. The van der Waals surface area contributed by atoms with Gasteiger partial charge in [0.25, 0.3) is 0 Å². The molecule has 1 aromatic heterocycles. The Hall–Kier alpha value is -3.21. The first-order valence-corrected chi connectivity index (χ1v) is 8.07. The van der Waals surface area contributed by atoms with Crippen LogP contribution in [-0.2, 0) is 0 Å². The molecule has 1 unspecified atom stereocenters. The van der Waals surface area contributed by atoms with E-state index in [0.717, 1.165) is 5.39 Å². The molecule has 3 aromatic rings. The predicted octanol–water partition coefficient (Wildman–Crippen LogP) is 3.63. The lowest BCUT2D eigenvalue weighted by molar-refractivity contribution is 0.301. The van der Waals surface area contributed by atoms with Crippen LogP contribution in [0.3, 0.4) is 0 Å². The molecule has 0 fully saturated rings. The third kappa shape index (κ3) is 1.99. The molecule has 1 N–H and O–H groups in total. The first-order chi connectivity index (χ1) is 12.2. The Morgan fingerprint density at radius 2 is 1.80 bits per heavy atom. The van der Waals surface area contributed by atoms with E-state index >= 15 is 0 Å². The van der Waals surface area contributed by atoms with Gasteiger partial charge in [-0.15, -0.1) is 0 Å². The van der Waals surface area contributed by atoms with E-state index in [9.17, 15) is 9.90 Å². The van der Waals surface area contributed by atoms with Crippen molar-refractivity contribution in [2.45, 2.75) is 5.92 Å². The summed E-state index contributed by atoms with van der Waals surface area (Å²) in [5, 5.41) is 11.5. The molecule has 0 saturated heterocycles. The van der Waals surface area contributed by atoms with Gasteiger partial charge in [-0.2, -0.15) is 0 Å². The van der Waals surface area contributed by atoms with Crippen LogP contribution in [-0.4, -0.2) is 18.3 Å². The Labute approximate surface area is 142 Å². The maximum atomic E-state index is 12.5. The molecule has 0 spiro atoms. The third-order valence-corrected chi connectivity index (χ3v) is 4.79. The van der Waals surface area contributed by atoms with Crippen LogP contribution in [0.15, 0.2) is 63.3 Å². The van der Waals surface area contributed by atoms with Gasteiger partial charge in [0.15, 0.2) is 0 Å². The molecule has 25 heavy (non-hydrogen) atoms. The summed E-state index contributed by atoms with van der Waals surface area (Å²) >= 11 is 0. The minimum Gasteiger partial charge on any atom is -0.507 e. The SMILES string of the molecule is O=c1oc2ccccc2c2c1C(C1=C(O)c3ccccc3OC1)CO2. The van der Waals surface area contributed by atoms with Gasteiger partial charge in [0.2, 0.25) is 0 Å². The van der Waals surface area contributed by atoms with Crippen molar-refractivity contribution in [2.75, 3.05) is 13.2 Å². The number of fused-ring (bicyclic) bond motifs is 4. The Morgan fingerprint density at radius 1 is 1.00 bits per heavy atom. The number of rotatable bonds is 1. The summed E-state index contributed by atoms with van der Waals surface area (Å²) in [6, 6.07) is 14.6. The Morgan fingerprint density at radius 3 is 2.72 bits per heavy atom. The lowest BCUT2D eigenvalue weighted by Crippen LogP contribution is -2.21. The molecular weight excluding hydrogens is 320 g/mol. The van der Waals surface area contributed by atoms with Crippen molar-refractivity contribution in [3.63, 3.8) is 0 Å². The maximum absolute atomic E-state index is 12.5. The number of para-hydroxylation sites is 2. The molecule has 2 aliphatic heterocycles. The van der Waals surface area contributed by atoms with Gasteiger partial charge in [-0.3, -0.25) is 0 Å². The van der Waals surface area contributed by atoms with Crippen molar-refractivity contribution in [3.8, 4) is 11.5 Å². The van der Waals surface area contributed by atoms with Crippen molar-refractivity contribution in [1.29, 1.82) is 0 Å². The van der Waals surface area contributed by atoms with Crippen molar-refractivity contribution < 1.29 is 19.0 Å². The second kappa shape index (κ2) is 5.14. The van der Waals surface area contributed by atoms with Crippen molar-refractivity contribution in [2.24, 2.45) is 0 Å². The molecule has 124 valence electrons. The van der Waals surface area contributed by atoms with Gasteiger partial charge in [-0.05, 0) is 24.3 Å². The lowest BCUT2D eigenvalue weighted by atomic mass is 9.90. The highest BCUT2D eigenvalue weighted by atomic mass is 16.5. The summed E-state index contributed by atoms with van der Waals surface area (Å²) in [6.07, 6.45) is 0. The van der Waals surface area contributed by atoms with Crippen LogP contribution in [0.25, 0.3) is 16.7 Å². The number of ether oxygens (including phenoxy) is 2. The second-order valence-corrected chi connectivity index (χ2v) is 6.15. The summed E-state index contributed by atoms with van der Waals surface area (Å²) in [6.45, 7) is 0.488. The van der Waals surface area contributed by atoms with Gasteiger partial charge in [0.1, 0.15) is 29.4 Å². The van der Waals surface area contributed by atoms with Crippen LogP contribution in [0, 0.1) is 0 Å². The number of aliphatic hydroxyl groups is 1. The molecule has 5 rings (SSSR count). The minimum absolute atomic E-state index is 0.149. The number of benzene rings is 2. The minimum atomic E-state index is -0.435. The lowest BCUT2D eigenvalue weighted by Gasteiger charge is -2.23. The van der Waals surface area contributed by atoms with E-state index in [0.29, 0.717) is 33.8 Å². The Kier molecular flexibility index (Phi) is 2.91. The molecule has 2 aliphatic rings. The molecule has 5 heteroatoms. The summed E-state index contributed by atoms with van der Waals surface area (Å²) in [7, 11) is 0. The zero-order valence-electron chi connectivity index (χ0n) is 13.2. The summed E-state index contributed by atoms with van der Waals surface area (Å²) in [5.74, 6) is 0.935. The first-order valence-electron chi connectivity index (χ1n) is 8.07.